The molecule has 3 aromatic rings. The monoisotopic (exact) mass is 351 g/mol. The number of nitrogens with zero attached hydrogens (tertiary/aromatic N) is 1. The van der Waals surface area contributed by atoms with Gasteiger partial charge in [-0.15, -0.1) is 0 Å². The number of hydrogen-bond donors (Lipinski definition) is 0. The Hall–Kier alpha value is -1.11. The Morgan fingerprint density at radius 2 is 1.83 bits per heavy atom. The Balaban J connectivity index is 0.00000208. The summed E-state index contributed by atoms with van der Waals surface area (Å²) in [7, 11) is 0. The van der Waals surface area contributed by atoms with Gasteiger partial charge in [0.1, 0.15) is 5.75 Å². The second kappa shape index (κ2) is 8.32. The van der Waals surface area contributed by atoms with Crippen molar-refractivity contribution >= 4 is 22.0 Å². The molecule has 0 radical (unpaired) electrons. The minimum Gasteiger partial charge on any atom is -0.768 e. The van der Waals surface area contributed by atoms with Crippen molar-refractivity contribution in [3.05, 3.63) is 60.3 Å². The molecule has 24 heavy (non-hydrogen) atoms. The zero-order chi connectivity index (χ0) is 16.4. The van der Waals surface area contributed by atoms with Crippen molar-refractivity contribution in [1.29, 1.82) is 0 Å². The van der Waals surface area contributed by atoms with E-state index in [9.17, 15) is 8.76 Å². The summed E-state index contributed by atoms with van der Waals surface area (Å²) < 4.78 is 31.0. The Morgan fingerprint density at radius 1 is 1.12 bits per heavy atom. The second-order valence-electron chi connectivity index (χ2n) is 5.66. The van der Waals surface area contributed by atoms with E-state index >= 15 is 0 Å². The van der Waals surface area contributed by atoms with Crippen molar-refractivity contribution in [2.75, 3.05) is 0 Å². The van der Waals surface area contributed by atoms with Crippen LogP contribution >= 0.6 is 0 Å². The smallest absolute Gasteiger partial charge is 0.768 e. The molecule has 0 bridgehead atoms. The van der Waals surface area contributed by atoms with Gasteiger partial charge in [0.25, 0.3) is 0 Å². The van der Waals surface area contributed by atoms with Crippen LogP contribution in [0.25, 0.3) is 10.9 Å². The van der Waals surface area contributed by atoms with Crippen LogP contribution in [0.2, 0.25) is 0 Å². The predicted molar refractivity (Wildman–Crippen MR) is 90.4 cm³/mol. The number of ether oxygens (including phenoxy) is 1. The fourth-order valence-corrected chi connectivity index (χ4v) is 3.26. The Morgan fingerprint density at radius 3 is 2.46 bits per heavy atom. The van der Waals surface area contributed by atoms with Gasteiger partial charge in [-0.3, -0.25) is 4.21 Å². The van der Waals surface area contributed by atoms with Gasteiger partial charge in [-0.25, -0.2) is 0 Å². The number of hydrogen-bond acceptors (Lipinski definition) is 3. The van der Waals surface area contributed by atoms with Crippen molar-refractivity contribution in [3.63, 3.8) is 0 Å². The van der Waals surface area contributed by atoms with Crippen molar-refractivity contribution in [2.24, 2.45) is 0 Å². The van der Waals surface area contributed by atoms with Gasteiger partial charge in [0, 0.05) is 12.7 Å². The van der Waals surface area contributed by atoms with Gasteiger partial charge in [0.05, 0.1) is 21.9 Å². The van der Waals surface area contributed by atoms with Crippen LogP contribution in [0.4, 0.5) is 0 Å². The molecule has 0 N–H and O–H groups in total. The summed E-state index contributed by atoms with van der Waals surface area (Å²) in [4.78, 5) is 0.271. The summed E-state index contributed by atoms with van der Waals surface area (Å²) in [6, 6.07) is 15.6. The first kappa shape index (κ1) is 19.2. The van der Waals surface area contributed by atoms with Crippen LogP contribution in [0, 0.1) is 0 Å². The maximum Gasteiger partial charge on any atom is 1.00 e. The summed E-state index contributed by atoms with van der Waals surface area (Å²) in [6.07, 6.45) is 1.65. The first-order chi connectivity index (χ1) is 11.1. The SMILES string of the molecule is CC(C)Oc1cccc2c1c(S(=O)[O-])cn2Cc1ccccc1.[Na+]. The van der Waals surface area contributed by atoms with Gasteiger partial charge in [-0.05, 0) is 42.6 Å². The van der Waals surface area contributed by atoms with E-state index in [4.69, 9.17) is 4.74 Å². The third kappa shape index (κ3) is 4.10. The van der Waals surface area contributed by atoms with Gasteiger partial charge in [0.2, 0.25) is 0 Å². The summed E-state index contributed by atoms with van der Waals surface area (Å²) in [5.74, 6) is 0.600. The number of aromatic nitrogens is 1. The molecule has 3 rings (SSSR count). The van der Waals surface area contributed by atoms with E-state index in [1.807, 2.05) is 66.9 Å². The molecule has 4 nitrogen and oxygen atoms in total. The average Bonchev–Trinajstić information content (AvgIpc) is 2.88. The molecular weight excluding hydrogens is 333 g/mol. The molecular formula is C18H18NNaO3S. The Labute approximate surface area is 166 Å². The standard InChI is InChI=1S/C18H19NO3S.Na/c1-13(2)22-16-10-6-9-15-18(16)17(23(20)21)12-19(15)11-14-7-4-3-5-8-14;/h3-10,12-13H,11H2,1-2H3,(H,20,21);/q;+1/p-1. The van der Waals surface area contributed by atoms with E-state index in [2.05, 4.69) is 0 Å². The summed E-state index contributed by atoms with van der Waals surface area (Å²) in [5, 5.41) is 0.644. The summed E-state index contributed by atoms with van der Waals surface area (Å²) in [6.45, 7) is 4.46. The minimum absolute atomic E-state index is 0. The van der Waals surface area contributed by atoms with Crippen molar-refractivity contribution in [2.45, 2.75) is 31.4 Å². The maximum absolute atomic E-state index is 11.6. The normalized spacial score (nSPS) is 12.2. The molecule has 0 aliphatic carbocycles. The van der Waals surface area contributed by atoms with Crippen molar-refractivity contribution in [1.82, 2.24) is 4.57 Å². The minimum atomic E-state index is -2.32. The Kier molecular flexibility index (Phi) is 6.66. The molecule has 120 valence electrons. The van der Waals surface area contributed by atoms with Crippen LogP contribution in [0.15, 0.2) is 59.6 Å². The molecule has 2 aromatic carbocycles. The Bertz CT molecular complexity index is 846. The number of rotatable bonds is 5. The van der Waals surface area contributed by atoms with E-state index in [0.29, 0.717) is 17.7 Å². The van der Waals surface area contributed by atoms with Gasteiger partial charge < -0.3 is 13.9 Å². The number of fused-ring (bicyclic) bond motifs is 1. The topological polar surface area (TPSA) is 54.3 Å². The van der Waals surface area contributed by atoms with E-state index in [1.165, 1.54) is 0 Å². The van der Waals surface area contributed by atoms with E-state index < -0.39 is 11.1 Å². The van der Waals surface area contributed by atoms with E-state index in [0.717, 1.165) is 11.1 Å². The van der Waals surface area contributed by atoms with Crippen LogP contribution in [0.5, 0.6) is 5.75 Å². The maximum atomic E-state index is 11.6. The molecule has 0 aliphatic heterocycles. The zero-order valence-electron chi connectivity index (χ0n) is 14.1. The molecule has 0 saturated carbocycles. The predicted octanol–water partition coefficient (Wildman–Crippen LogP) is 0.719. The van der Waals surface area contributed by atoms with Crippen LogP contribution in [0.1, 0.15) is 19.4 Å². The van der Waals surface area contributed by atoms with Gasteiger partial charge >= 0.3 is 29.6 Å². The molecule has 0 saturated heterocycles. The molecule has 6 heteroatoms. The fraction of sp³-hybridized carbons (Fsp3) is 0.222. The van der Waals surface area contributed by atoms with Crippen LogP contribution < -0.4 is 34.3 Å². The molecule has 0 aliphatic rings. The van der Waals surface area contributed by atoms with Crippen molar-refractivity contribution < 1.29 is 43.1 Å². The van der Waals surface area contributed by atoms with E-state index in [-0.39, 0.29) is 40.6 Å². The molecule has 1 unspecified atom stereocenters. The molecule has 1 heterocycles. The second-order valence-corrected chi connectivity index (χ2v) is 6.57. The van der Waals surface area contributed by atoms with Gasteiger partial charge in [-0.1, -0.05) is 36.4 Å². The van der Waals surface area contributed by atoms with Crippen LogP contribution in [-0.2, 0) is 17.6 Å². The fourth-order valence-electron chi connectivity index (χ4n) is 2.67. The van der Waals surface area contributed by atoms with Crippen LogP contribution in [-0.4, -0.2) is 19.4 Å². The number of benzene rings is 2. The quantitative estimate of drug-likeness (QED) is 0.503. The average molecular weight is 351 g/mol. The largest absolute Gasteiger partial charge is 1.00 e. The van der Waals surface area contributed by atoms with Gasteiger partial charge in [0.15, 0.2) is 0 Å². The van der Waals surface area contributed by atoms with E-state index in [1.54, 1.807) is 6.20 Å². The third-order valence-corrected chi connectivity index (χ3v) is 4.24. The first-order valence-corrected chi connectivity index (χ1v) is 8.55. The van der Waals surface area contributed by atoms with Crippen molar-refractivity contribution in [3.8, 4) is 5.75 Å². The van der Waals surface area contributed by atoms with Crippen LogP contribution in [0.3, 0.4) is 0 Å². The summed E-state index contributed by atoms with van der Waals surface area (Å²) in [5.41, 5.74) is 1.97. The molecule has 1 atom stereocenters. The summed E-state index contributed by atoms with van der Waals surface area (Å²) >= 11 is -2.32. The first-order valence-electron chi connectivity index (χ1n) is 7.48. The molecule has 0 spiro atoms. The zero-order valence-corrected chi connectivity index (χ0v) is 16.9. The van der Waals surface area contributed by atoms with Gasteiger partial charge in [-0.2, -0.15) is 0 Å². The molecule has 1 aromatic heterocycles. The molecule has 0 fully saturated rings. The third-order valence-electron chi connectivity index (χ3n) is 3.57. The molecule has 0 amide bonds.